The fourth-order valence-corrected chi connectivity index (χ4v) is 4.03. The Hall–Kier alpha value is -3.09. The summed E-state index contributed by atoms with van der Waals surface area (Å²) in [5, 5.41) is 13.1. The second-order valence-corrected chi connectivity index (χ2v) is 8.42. The molecule has 156 valence electrons. The van der Waals surface area contributed by atoms with Gasteiger partial charge < -0.3 is 5.32 Å². The topological polar surface area (TPSA) is 59.8 Å². The molecule has 1 amide bonds. The van der Waals surface area contributed by atoms with Crippen molar-refractivity contribution in [3.05, 3.63) is 95.0 Å². The molecule has 0 aliphatic heterocycles. The minimum absolute atomic E-state index is 0.0549. The zero-order chi connectivity index (χ0) is 21.6. The largest absolute Gasteiger partial charge is 0.351 e. The van der Waals surface area contributed by atoms with E-state index in [9.17, 15) is 4.79 Å². The van der Waals surface area contributed by atoms with E-state index in [0.29, 0.717) is 22.5 Å². The summed E-state index contributed by atoms with van der Waals surface area (Å²) in [5.74, 6) is 0.896. The molecule has 0 saturated carbocycles. The van der Waals surface area contributed by atoms with Gasteiger partial charge in [-0.2, -0.15) is 0 Å². The quantitative estimate of drug-likeness (QED) is 0.389. The average Bonchev–Trinajstić information content (AvgIpc) is 3.21. The number of benzene rings is 3. The van der Waals surface area contributed by atoms with Gasteiger partial charge in [-0.15, -0.1) is 10.2 Å². The molecule has 0 fully saturated rings. The fourth-order valence-electron chi connectivity index (χ4n) is 3.13. The summed E-state index contributed by atoms with van der Waals surface area (Å²) >= 11 is 7.41. The molecule has 4 rings (SSSR count). The zero-order valence-electron chi connectivity index (χ0n) is 17.0. The van der Waals surface area contributed by atoms with Crippen molar-refractivity contribution in [3.63, 3.8) is 0 Å². The lowest BCUT2D eigenvalue weighted by Crippen LogP contribution is -2.24. The maximum atomic E-state index is 12.4. The Bertz CT molecular complexity index is 1180. The molecule has 31 heavy (non-hydrogen) atoms. The molecule has 5 nitrogen and oxygen atoms in total. The van der Waals surface area contributed by atoms with Crippen LogP contribution < -0.4 is 5.32 Å². The Morgan fingerprint density at radius 3 is 2.52 bits per heavy atom. The molecule has 0 spiro atoms. The van der Waals surface area contributed by atoms with E-state index in [1.54, 1.807) is 0 Å². The number of hydrogen-bond donors (Lipinski definition) is 1. The summed E-state index contributed by atoms with van der Waals surface area (Å²) in [4.78, 5) is 12.4. The van der Waals surface area contributed by atoms with Gasteiger partial charge in [-0.1, -0.05) is 65.8 Å². The number of aryl methyl sites for hydroxylation is 1. The van der Waals surface area contributed by atoms with Gasteiger partial charge in [0.05, 0.1) is 5.75 Å². The van der Waals surface area contributed by atoms with Crippen LogP contribution in [0.1, 0.15) is 11.1 Å². The fraction of sp³-hybridized carbons (Fsp3) is 0.125. The van der Waals surface area contributed by atoms with Gasteiger partial charge in [0, 0.05) is 22.8 Å². The molecule has 1 N–H and O–H groups in total. The predicted octanol–water partition coefficient (Wildman–Crippen LogP) is 5.30. The molecular formula is C24H21ClN4OS. The van der Waals surface area contributed by atoms with Crippen molar-refractivity contribution in [3.8, 4) is 17.1 Å². The Balaban J connectivity index is 1.55. The lowest BCUT2D eigenvalue weighted by Gasteiger charge is -2.11. The Labute approximate surface area is 190 Å². The van der Waals surface area contributed by atoms with Crippen LogP contribution in [0.4, 0.5) is 0 Å². The van der Waals surface area contributed by atoms with Crippen molar-refractivity contribution in [2.24, 2.45) is 0 Å². The monoisotopic (exact) mass is 448 g/mol. The minimum Gasteiger partial charge on any atom is -0.351 e. The molecular weight excluding hydrogens is 428 g/mol. The van der Waals surface area contributed by atoms with Gasteiger partial charge in [0.2, 0.25) is 5.91 Å². The van der Waals surface area contributed by atoms with Gasteiger partial charge >= 0.3 is 0 Å². The predicted molar refractivity (Wildman–Crippen MR) is 126 cm³/mol. The molecule has 0 aliphatic rings. The molecule has 0 unspecified atom stereocenters. The molecule has 4 aromatic rings. The van der Waals surface area contributed by atoms with Crippen molar-refractivity contribution in [1.82, 2.24) is 20.1 Å². The first kappa shape index (κ1) is 21.2. The van der Waals surface area contributed by atoms with Crippen LogP contribution in [0.3, 0.4) is 0 Å². The summed E-state index contributed by atoms with van der Waals surface area (Å²) < 4.78 is 1.98. The first-order valence-corrected chi connectivity index (χ1v) is 11.2. The summed E-state index contributed by atoms with van der Waals surface area (Å²) in [6.07, 6.45) is 0. The van der Waals surface area contributed by atoms with E-state index in [-0.39, 0.29) is 11.7 Å². The molecule has 0 atom stereocenters. The molecule has 3 aromatic carbocycles. The Morgan fingerprint density at radius 2 is 1.77 bits per heavy atom. The van der Waals surface area contributed by atoms with Gasteiger partial charge in [0.1, 0.15) is 0 Å². The van der Waals surface area contributed by atoms with Gasteiger partial charge in [0.25, 0.3) is 0 Å². The second-order valence-electron chi connectivity index (χ2n) is 7.04. The molecule has 0 aliphatic carbocycles. The lowest BCUT2D eigenvalue weighted by atomic mass is 10.2. The van der Waals surface area contributed by atoms with Crippen molar-refractivity contribution < 1.29 is 4.79 Å². The van der Waals surface area contributed by atoms with E-state index in [2.05, 4.69) is 21.6 Å². The van der Waals surface area contributed by atoms with Gasteiger partial charge in [-0.3, -0.25) is 9.36 Å². The lowest BCUT2D eigenvalue weighted by molar-refractivity contribution is -0.118. The summed E-state index contributed by atoms with van der Waals surface area (Å²) in [6.45, 7) is 2.54. The van der Waals surface area contributed by atoms with Crippen molar-refractivity contribution >= 4 is 29.3 Å². The maximum Gasteiger partial charge on any atom is 0.230 e. The molecule has 0 radical (unpaired) electrons. The van der Waals surface area contributed by atoms with Crippen LogP contribution in [0.15, 0.2) is 84.0 Å². The van der Waals surface area contributed by atoms with Crippen LogP contribution in [-0.2, 0) is 11.3 Å². The van der Waals surface area contributed by atoms with Crippen LogP contribution in [-0.4, -0.2) is 26.4 Å². The number of hydrogen-bond acceptors (Lipinski definition) is 4. The van der Waals surface area contributed by atoms with Crippen LogP contribution in [0.2, 0.25) is 5.02 Å². The molecule has 0 saturated heterocycles. The van der Waals surface area contributed by atoms with Gasteiger partial charge in [-0.25, -0.2) is 0 Å². The van der Waals surface area contributed by atoms with Crippen LogP contribution in [0.25, 0.3) is 17.1 Å². The number of carbonyl (C=O) groups is 1. The zero-order valence-corrected chi connectivity index (χ0v) is 18.5. The van der Waals surface area contributed by atoms with Crippen molar-refractivity contribution in [2.45, 2.75) is 18.6 Å². The van der Waals surface area contributed by atoms with Crippen molar-refractivity contribution in [1.29, 1.82) is 0 Å². The highest BCUT2D eigenvalue weighted by molar-refractivity contribution is 7.99. The number of rotatable bonds is 7. The smallest absolute Gasteiger partial charge is 0.230 e. The summed E-state index contributed by atoms with van der Waals surface area (Å²) in [7, 11) is 0. The number of halogens is 1. The maximum absolute atomic E-state index is 12.4. The van der Waals surface area contributed by atoms with Crippen LogP contribution in [0.5, 0.6) is 0 Å². The number of amides is 1. The number of thioether (sulfide) groups is 1. The first-order valence-electron chi connectivity index (χ1n) is 9.82. The average molecular weight is 449 g/mol. The van der Waals surface area contributed by atoms with Crippen LogP contribution in [0, 0.1) is 6.92 Å². The molecule has 7 heteroatoms. The van der Waals surface area contributed by atoms with Gasteiger partial charge in [0.15, 0.2) is 11.0 Å². The standard InChI is InChI=1S/C24H21ClN4OS/c1-17-6-5-9-21(14-17)29-23(19-10-12-20(25)13-11-19)27-28-24(29)31-16-22(30)26-15-18-7-3-2-4-8-18/h2-14H,15-16H2,1H3,(H,26,30). The van der Waals surface area contributed by atoms with E-state index >= 15 is 0 Å². The molecule has 1 heterocycles. The second kappa shape index (κ2) is 9.81. The van der Waals surface area contributed by atoms with E-state index in [4.69, 9.17) is 11.6 Å². The summed E-state index contributed by atoms with van der Waals surface area (Å²) in [5.41, 5.74) is 4.04. The normalized spacial score (nSPS) is 10.8. The highest BCUT2D eigenvalue weighted by atomic mass is 35.5. The Morgan fingerprint density at radius 1 is 1.00 bits per heavy atom. The van der Waals surface area contributed by atoms with Crippen LogP contribution >= 0.6 is 23.4 Å². The van der Waals surface area contributed by atoms with E-state index in [1.165, 1.54) is 11.8 Å². The summed E-state index contributed by atoms with van der Waals surface area (Å²) in [6, 6.07) is 25.5. The Kier molecular flexibility index (Phi) is 6.70. The third-order valence-corrected chi connectivity index (χ3v) is 5.84. The third kappa shape index (κ3) is 5.34. The third-order valence-electron chi connectivity index (χ3n) is 4.66. The van der Waals surface area contributed by atoms with Gasteiger partial charge in [-0.05, 0) is 54.4 Å². The van der Waals surface area contributed by atoms with E-state index < -0.39 is 0 Å². The number of nitrogens with zero attached hydrogens (tertiary/aromatic N) is 3. The number of carbonyl (C=O) groups excluding carboxylic acids is 1. The highest BCUT2D eigenvalue weighted by Crippen LogP contribution is 2.29. The molecule has 0 bridgehead atoms. The molecule has 1 aromatic heterocycles. The van der Waals surface area contributed by atoms with E-state index in [1.807, 2.05) is 84.3 Å². The SMILES string of the molecule is Cc1cccc(-n2c(SCC(=O)NCc3ccccc3)nnc2-c2ccc(Cl)cc2)c1. The van der Waals surface area contributed by atoms with Crippen molar-refractivity contribution in [2.75, 3.05) is 5.75 Å². The highest BCUT2D eigenvalue weighted by Gasteiger charge is 2.17. The van der Waals surface area contributed by atoms with E-state index in [0.717, 1.165) is 22.4 Å². The number of aromatic nitrogens is 3. The number of nitrogens with one attached hydrogen (secondary N) is 1. The minimum atomic E-state index is -0.0549. The first-order chi connectivity index (χ1) is 15.1.